The van der Waals surface area contributed by atoms with Crippen molar-refractivity contribution in [2.45, 2.75) is 13.0 Å². The van der Waals surface area contributed by atoms with Gasteiger partial charge in [-0.05, 0) is 24.1 Å². The summed E-state index contributed by atoms with van der Waals surface area (Å²) in [5, 5.41) is 14.6. The third-order valence-electron chi connectivity index (χ3n) is 4.90. The first kappa shape index (κ1) is 20.8. The van der Waals surface area contributed by atoms with Crippen LogP contribution in [-0.4, -0.2) is 41.4 Å². The number of nitro groups is 1. The highest BCUT2D eigenvalue weighted by atomic mass is 32.1. The lowest BCUT2D eigenvalue weighted by molar-refractivity contribution is -0.384. The number of nitrogens with two attached hydrogens (primary N) is 1. The standard InChI is InChI=1S/C19H16N4O6S2/c1-29-19(26)22-5-4-11-14(8-22)31-18(15(11)16(20)24)21-17(25)13-7-9-6-10(23(27)28)2-3-12(9)30-13/h2-3,6-7H,4-5,8H2,1H3,(H2,20,24)(H,21,25). The number of anilines is 1. The number of nitro benzene ring substituents is 1. The fraction of sp³-hybridized carbons (Fsp3) is 0.211. The first-order chi connectivity index (χ1) is 14.8. The van der Waals surface area contributed by atoms with Crippen LogP contribution in [0.15, 0.2) is 24.3 Å². The monoisotopic (exact) mass is 460 g/mol. The Kier molecular flexibility index (Phi) is 5.33. The van der Waals surface area contributed by atoms with Gasteiger partial charge in [-0.25, -0.2) is 4.79 Å². The molecule has 0 saturated carbocycles. The van der Waals surface area contributed by atoms with Crippen LogP contribution in [0.1, 0.15) is 30.5 Å². The van der Waals surface area contributed by atoms with Crippen LogP contribution in [0.25, 0.3) is 10.1 Å². The average molecular weight is 460 g/mol. The minimum Gasteiger partial charge on any atom is -0.453 e. The molecule has 31 heavy (non-hydrogen) atoms. The lowest BCUT2D eigenvalue weighted by atomic mass is 10.0. The summed E-state index contributed by atoms with van der Waals surface area (Å²) < 4.78 is 5.48. The lowest BCUT2D eigenvalue weighted by Crippen LogP contribution is -2.35. The number of nitrogens with one attached hydrogen (secondary N) is 1. The quantitative estimate of drug-likeness (QED) is 0.451. The Morgan fingerprint density at radius 3 is 2.71 bits per heavy atom. The number of thiophene rings is 2. The Morgan fingerprint density at radius 1 is 1.26 bits per heavy atom. The molecule has 3 amide bonds. The number of hydrogen-bond donors (Lipinski definition) is 2. The number of fused-ring (bicyclic) bond motifs is 2. The van der Waals surface area contributed by atoms with Crippen molar-refractivity contribution in [3.8, 4) is 0 Å². The summed E-state index contributed by atoms with van der Waals surface area (Å²) in [4.78, 5) is 49.8. The zero-order valence-electron chi connectivity index (χ0n) is 16.2. The van der Waals surface area contributed by atoms with E-state index in [1.807, 2.05) is 0 Å². The minimum absolute atomic E-state index is 0.0608. The number of rotatable bonds is 4. The maximum absolute atomic E-state index is 12.8. The van der Waals surface area contributed by atoms with Crippen molar-refractivity contribution >= 4 is 61.4 Å². The van der Waals surface area contributed by atoms with Crippen molar-refractivity contribution in [2.24, 2.45) is 5.73 Å². The summed E-state index contributed by atoms with van der Waals surface area (Å²) in [5.74, 6) is -1.11. The molecule has 12 heteroatoms. The first-order valence-electron chi connectivity index (χ1n) is 9.05. The van der Waals surface area contributed by atoms with Gasteiger partial charge in [0.15, 0.2) is 0 Å². The van der Waals surface area contributed by atoms with E-state index >= 15 is 0 Å². The Bertz CT molecular complexity index is 1250. The van der Waals surface area contributed by atoms with E-state index in [4.69, 9.17) is 10.5 Å². The molecule has 3 N–H and O–H groups in total. The number of carbonyl (C=O) groups excluding carboxylic acids is 3. The second-order valence-corrected chi connectivity index (χ2v) is 8.95. The SMILES string of the molecule is COC(=O)N1CCc2c(sc(NC(=O)c3cc4cc([N+](=O)[O-])ccc4s3)c2C(N)=O)C1. The highest BCUT2D eigenvalue weighted by molar-refractivity contribution is 7.21. The predicted octanol–water partition coefficient (Wildman–Crippen LogP) is 3.35. The molecule has 1 aliphatic rings. The van der Waals surface area contributed by atoms with Crippen molar-refractivity contribution in [1.82, 2.24) is 4.90 Å². The summed E-state index contributed by atoms with van der Waals surface area (Å²) >= 11 is 2.38. The van der Waals surface area contributed by atoms with Gasteiger partial charge in [0.2, 0.25) is 0 Å². The summed E-state index contributed by atoms with van der Waals surface area (Å²) in [6.07, 6.45) is -0.0496. The molecule has 4 rings (SSSR count). The van der Waals surface area contributed by atoms with Crippen molar-refractivity contribution in [1.29, 1.82) is 0 Å². The molecule has 160 valence electrons. The van der Waals surface area contributed by atoms with Gasteiger partial charge in [-0.2, -0.15) is 0 Å². The van der Waals surface area contributed by atoms with Gasteiger partial charge in [0.05, 0.1) is 29.0 Å². The molecule has 10 nitrogen and oxygen atoms in total. The number of nitrogens with zero attached hydrogens (tertiary/aromatic N) is 2. The number of non-ortho nitro benzene ring substituents is 1. The molecule has 0 unspecified atom stereocenters. The van der Waals surface area contributed by atoms with Gasteiger partial charge in [-0.15, -0.1) is 22.7 Å². The number of benzene rings is 1. The van der Waals surface area contributed by atoms with Crippen LogP contribution < -0.4 is 11.1 Å². The Hall–Kier alpha value is -3.51. The van der Waals surface area contributed by atoms with Gasteiger partial charge in [-0.1, -0.05) is 0 Å². The first-order valence-corrected chi connectivity index (χ1v) is 10.7. The molecule has 0 aliphatic carbocycles. The Morgan fingerprint density at radius 2 is 2.03 bits per heavy atom. The van der Waals surface area contributed by atoms with E-state index in [1.165, 1.54) is 46.8 Å². The minimum atomic E-state index is -0.661. The second-order valence-electron chi connectivity index (χ2n) is 6.76. The highest BCUT2D eigenvalue weighted by Gasteiger charge is 2.30. The molecular formula is C19H16N4O6S2. The largest absolute Gasteiger partial charge is 0.453 e. The van der Waals surface area contributed by atoms with Gasteiger partial charge in [-0.3, -0.25) is 19.7 Å². The topological polar surface area (TPSA) is 145 Å². The summed E-state index contributed by atoms with van der Waals surface area (Å²) in [7, 11) is 1.30. The lowest BCUT2D eigenvalue weighted by Gasteiger charge is -2.25. The van der Waals surface area contributed by atoms with Crippen LogP contribution in [-0.2, 0) is 17.7 Å². The van der Waals surface area contributed by atoms with E-state index in [2.05, 4.69) is 5.32 Å². The number of ether oxygens (including phenoxy) is 1. The molecule has 1 aromatic carbocycles. The summed E-state index contributed by atoms with van der Waals surface area (Å²) in [5.41, 5.74) is 6.48. The van der Waals surface area contributed by atoms with Crippen molar-refractivity contribution in [2.75, 3.05) is 19.0 Å². The zero-order chi connectivity index (χ0) is 22.3. The van der Waals surface area contributed by atoms with E-state index in [1.54, 1.807) is 12.1 Å². The van der Waals surface area contributed by atoms with Crippen LogP contribution >= 0.6 is 22.7 Å². The van der Waals surface area contributed by atoms with E-state index < -0.39 is 22.8 Å². The van der Waals surface area contributed by atoms with Gasteiger partial charge < -0.3 is 20.7 Å². The predicted molar refractivity (Wildman–Crippen MR) is 116 cm³/mol. The highest BCUT2D eigenvalue weighted by Crippen LogP contribution is 2.38. The van der Waals surface area contributed by atoms with Crippen LogP contribution in [0.4, 0.5) is 15.5 Å². The second kappa shape index (κ2) is 7.96. The van der Waals surface area contributed by atoms with Gasteiger partial charge >= 0.3 is 6.09 Å². The van der Waals surface area contributed by atoms with Crippen molar-refractivity contribution < 1.29 is 24.0 Å². The molecule has 0 fully saturated rings. The Balaban J connectivity index is 1.63. The maximum atomic E-state index is 12.8. The van der Waals surface area contributed by atoms with E-state index in [9.17, 15) is 24.5 Å². The summed E-state index contributed by atoms with van der Waals surface area (Å²) in [6, 6.07) is 5.95. The molecule has 1 aliphatic heterocycles. The molecule has 0 radical (unpaired) electrons. The molecule has 3 heterocycles. The van der Waals surface area contributed by atoms with Gasteiger partial charge in [0, 0.05) is 33.6 Å². The number of methoxy groups -OCH3 is 1. The Labute approximate surface area is 183 Å². The zero-order valence-corrected chi connectivity index (χ0v) is 17.8. The number of carbonyl (C=O) groups is 3. The molecule has 0 spiro atoms. The van der Waals surface area contributed by atoms with Crippen LogP contribution in [0.3, 0.4) is 0 Å². The molecule has 0 saturated heterocycles. The van der Waals surface area contributed by atoms with E-state index in [0.29, 0.717) is 28.2 Å². The molecule has 3 aromatic rings. The van der Waals surface area contributed by atoms with Gasteiger partial charge in [0.25, 0.3) is 17.5 Å². The van der Waals surface area contributed by atoms with Crippen LogP contribution in [0, 0.1) is 10.1 Å². The summed E-state index contributed by atoms with van der Waals surface area (Å²) in [6.45, 7) is 0.633. The molecule has 0 atom stereocenters. The third-order valence-corrected chi connectivity index (χ3v) is 7.14. The normalized spacial score (nSPS) is 13.0. The fourth-order valence-electron chi connectivity index (χ4n) is 3.46. The number of hydrogen-bond acceptors (Lipinski definition) is 8. The van der Waals surface area contributed by atoms with E-state index in [-0.39, 0.29) is 17.8 Å². The molecular weight excluding hydrogens is 444 g/mol. The molecule has 0 bridgehead atoms. The van der Waals surface area contributed by atoms with E-state index in [0.717, 1.165) is 15.1 Å². The van der Waals surface area contributed by atoms with Crippen LogP contribution in [0.2, 0.25) is 0 Å². The van der Waals surface area contributed by atoms with Crippen molar-refractivity contribution in [3.05, 3.63) is 55.3 Å². The van der Waals surface area contributed by atoms with Crippen molar-refractivity contribution in [3.63, 3.8) is 0 Å². The molecule has 2 aromatic heterocycles. The van der Waals surface area contributed by atoms with Gasteiger partial charge in [0.1, 0.15) is 5.00 Å². The average Bonchev–Trinajstić information content (AvgIpc) is 3.32. The maximum Gasteiger partial charge on any atom is 0.409 e. The third kappa shape index (κ3) is 3.82. The van der Waals surface area contributed by atoms with Crippen LogP contribution in [0.5, 0.6) is 0 Å². The smallest absolute Gasteiger partial charge is 0.409 e. The number of primary amides is 1. The number of amides is 3. The fourth-order valence-corrected chi connectivity index (χ4v) is 5.66.